The first-order valence-corrected chi connectivity index (χ1v) is 10.4. The Bertz CT molecular complexity index is 1210. The van der Waals surface area contributed by atoms with Gasteiger partial charge in [0.2, 0.25) is 0 Å². The second kappa shape index (κ2) is 9.49. The van der Waals surface area contributed by atoms with Gasteiger partial charge in [-0.15, -0.1) is 0 Å². The number of H-pyrrole nitrogens is 1. The zero-order valence-corrected chi connectivity index (χ0v) is 17.5. The lowest BCUT2D eigenvalue weighted by molar-refractivity contribution is 0.0939. The summed E-state index contributed by atoms with van der Waals surface area (Å²) in [6.45, 7) is 3.59. The number of fused-ring (bicyclic) bond motifs is 1. The van der Waals surface area contributed by atoms with Crippen LogP contribution >= 0.6 is 0 Å². The Hall–Kier alpha value is -3.90. The topological polar surface area (TPSA) is 122 Å². The van der Waals surface area contributed by atoms with Crippen LogP contribution in [0.3, 0.4) is 0 Å². The van der Waals surface area contributed by atoms with Crippen LogP contribution in [0.2, 0.25) is 0 Å². The number of hydrogen-bond donors (Lipinski definition) is 2. The van der Waals surface area contributed by atoms with E-state index in [2.05, 4.69) is 21.3 Å². The smallest absolute Gasteiger partial charge is 0.408 e. The number of oxazole rings is 1. The van der Waals surface area contributed by atoms with Crippen molar-refractivity contribution in [3.63, 3.8) is 0 Å². The van der Waals surface area contributed by atoms with Crippen molar-refractivity contribution in [3.8, 4) is 6.07 Å². The molecule has 1 aromatic heterocycles. The number of nitrogens with zero attached hydrogens (tertiary/aromatic N) is 3. The zero-order valence-electron chi connectivity index (χ0n) is 17.5. The number of carbonyl (C=O) groups is 2. The van der Waals surface area contributed by atoms with Crippen LogP contribution in [0.15, 0.2) is 51.7 Å². The summed E-state index contributed by atoms with van der Waals surface area (Å²) >= 11 is 0. The van der Waals surface area contributed by atoms with Crippen LogP contribution in [-0.2, 0) is 6.54 Å². The molecule has 9 nitrogen and oxygen atoms in total. The molecule has 2 amide bonds. The summed E-state index contributed by atoms with van der Waals surface area (Å²) < 4.78 is 5.02. The molecular formula is C23H23N5O4. The fraction of sp³-hybridized carbons (Fsp3) is 0.304. The molecule has 0 unspecified atom stereocenters. The maximum absolute atomic E-state index is 12.5. The van der Waals surface area contributed by atoms with E-state index in [1.54, 1.807) is 35.2 Å². The highest BCUT2D eigenvalue weighted by molar-refractivity contribution is 5.98. The molecule has 2 aromatic carbocycles. The van der Waals surface area contributed by atoms with E-state index in [1.165, 1.54) is 0 Å². The van der Waals surface area contributed by atoms with E-state index in [-0.39, 0.29) is 11.8 Å². The lowest BCUT2D eigenvalue weighted by atomic mass is 10.1. The van der Waals surface area contributed by atoms with Gasteiger partial charge in [-0.3, -0.25) is 14.7 Å². The first-order valence-electron chi connectivity index (χ1n) is 10.4. The van der Waals surface area contributed by atoms with Crippen molar-refractivity contribution in [2.24, 2.45) is 0 Å². The number of urea groups is 1. The normalized spacial score (nSPS) is 14.3. The van der Waals surface area contributed by atoms with E-state index in [9.17, 15) is 14.4 Å². The van der Waals surface area contributed by atoms with Crippen LogP contribution in [0.1, 0.15) is 27.9 Å². The molecule has 164 valence electrons. The molecule has 1 aliphatic rings. The Kier molecular flexibility index (Phi) is 6.33. The zero-order chi connectivity index (χ0) is 22.5. The van der Waals surface area contributed by atoms with Gasteiger partial charge < -0.3 is 14.6 Å². The maximum Gasteiger partial charge on any atom is 0.417 e. The van der Waals surface area contributed by atoms with Crippen molar-refractivity contribution >= 4 is 22.9 Å². The Morgan fingerprint density at radius 2 is 1.84 bits per heavy atom. The molecule has 32 heavy (non-hydrogen) atoms. The number of aromatic nitrogens is 1. The third-order valence-electron chi connectivity index (χ3n) is 5.58. The molecule has 0 radical (unpaired) electrons. The standard InChI is InChI=1S/C23H23N5O4/c24-14-16-1-3-17(4-2-16)15-25-22(30)28-11-9-27(10-12-28)8-7-20(29)18-5-6-19-21(13-18)32-23(31)26-19/h1-6,13H,7-12,15H2,(H,25,30)(H,26,31). The monoisotopic (exact) mass is 433 g/mol. The number of ketones is 1. The number of piperazine rings is 1. The summed E-state index contributed by atoms with van der Waals surface area (Å²) in [5, 5.41) is 11.7. The number of nitrogens with one attached hydrogen (secondary N) is 2. The lowest BCUT2D eigenvalue weighted by Gasteiger charge is -2.34. The van der Waals surface area contributed by atoms with Gasteiger partial charge in [-0.1, -0.05) is 12.1 Å². The number of aromatic amines is 1. The molecule has 1 aliphatic heterocycles. The van der Waals surface area contributed by atoms with Crippen LogP contribution in [0.5, 0.6) is 0 Å². The summed E-state index contributed by atoms with van der Waals surface area (Å²) in [6, 6.07) is 14.0. The van der Waals surface area contributed by atoms with E-state index in [0.717, 1.165) is 5.56 Å². The molecule has 0 aliphatic carbocycles. The minimum Gasteiger partial charge on any atom is -0.408 e. The van der Waals surface area contributed by atoms with E-state index >= 15 is 0 Å². The molecule has 0 saturated carbocycles. The molecule has 2 heterocycles. The number of amides is 2. The fourth-order valence-electron chi connectivity index (χ4n) is 3.68. The highest BCUT2D eigenvalue weighted by atomic mass is 16.4. The Balaban J connectivity index is 1.20. The van der Waals surface area contributed by atoms with Crippen molar-refractivity contribution < 1.29 is 14.0 Å². The van der Waals surface area contributed by atoms with Gasteiger partial charge in [0, 0.05) is 51.3 Å². The summed E-state index contributed by atoms with van der Waals surface area (Å²) in [7, 11) is 0. The predicted molar refractivity (Wildman–Crippen MR) is 117 cm³/mol. The fourth-order valence-corrected chi connectivity index (χ4v) is 3.68. The Morgan fingerprint density at radius 3 is 2.56 bits per heavy atom. The van der Waals surface area contributed by atoms with Gasteiger partial charge >= 0.3 is 11.8 Å². The quantitative estimate of drug-likeness (QED) is 0.574. The maximum atomic E-state index is 12.5. The minimum atomic E-state index is -0.539. The molecule has 0 spiro atoms. The van der Waals surface area contributed by atoms with Crippen LogP contribution in [-0.4, -0.2) is 59.3 Å². The Labute approximate surface area is 184 Å². The third-order valence-corrected chi connectivity index (χ3v) is 5.58. The van der Waals surface area contributed by atoms with Crippen LogP contribution in [0.4, 0.5) is 4.79 Å². The largest absolute Gasteiger partial charge is 0.417 e. The molecule has 2 N–H and O–H groups in total. The molecule has 0 atom stereocenters. The van der Waals surface area contributed by atoms with E-state index in [1.807, 2.05) is 12.1 Å². The van der Waals surface area contributed by atoms with E-state index in [0.29, 0.717) is 67.9 Å². The van der Waals surface area contributed by atoms with Gasteiger partial charge in [-0.25, -0.2) is 9.59 Å². The summed E-state index contributed by atoms with van der Waals surface area (Å²) in [5.74, 6) is -0.554. The molecule has 1 fully saturated rings. The highest BCUT2D eigenvalue weighted by Gasteiger charge is 2.21. The van der Waals surface area contributed by atoms with Gasteiger partial charge in [-0.2, -0.15) is 5.26 Å². The number of Topliss-reactive ketones (excluding diaryl/α,β-unsaturated/α-hetero) is 1. The SMILES string of the molecule is N#Cc1ccc(CNC(=O)N2CCN(CCC(=O)c3ccc4[nH]c(=O)oc4c3)CC2)cc1. The first kappa shape index (κ1) is 21.3. The Morgan fingerprint density at radius 1 is 1.09 bits per heavy atom. The average Bonchev–Trinajstić information content (AvgIpc) is 3.20. The summed E-state index contributed by atoms with van der Waals surface area (Å²) in [5.41, 5.74) is 2.99. The number of nitriles is 1. The van der Waals surface area contributed by atoms with Crippen LogP contribution in [0.25, 0.3) is 11.1 Å². The molecule has 3 aromatic rings. The summed E-state index contributed by atoms with van der Waals surface area (Å²) in [4.78, 5) is 42.7. The van der Waals surface area contributed by atoms with Crippen LogP contribution in [0, 0.1) is 11.3 Å². The first-order chi connectivity index (χ1) is 15.5. The van der Waals surface area contributed by atoms with Crippen molar-refractivity contribution in [1.82, 2.24) is 20.1 Å². The number of benzene rings is 2. The number of hydrogen-bond acceptors (Lipinski definition) is 6. The van der Waals surface area contributed by atoms with Gasteiger partial charge in [0.15, 0.2) is 11.4 Å². The number of carbonyl (C=O) groups excluding carboxylic acids is 2. The van der Waals surface area contributed by atoms with Crippen molar-refractivity contribution in [1.29, 1.82) is 5.26 Å². The van der Waals surface area contributed by atoms with Crippen molar-refractivity contribution in [2.75, 3.05) is 32.7 Å². The van der Waals surface area contributed by atoms with Crippen molar-refractivity contribution in [2.45, 2.75) is 13.0 Å². The van der Waals surface area contributed by atoms with E-state index in [4.69, 9.17) is 9.68 Å². The van der Waals surface area contributed by atoms with Crippen LogP contribution < -0.4 is 11.1 Å². The van der Waals surface area contributed by atoms with Gasteiger partial charge in [0.1, 0.15) is 0 Å². The second-order valence-corrected chi connectivity index (χ2v) is 7.69. The number of rotatable bonds is 6. The van der Waals surface area contributed by atoms with E-state index < -0.39 is 5.76 Å². The minimum absolute atomic E-state index is 0.0154. The van der Waals surface area contributed by atoms with Gasteiger partial charge in [0.05, 0.1) is 17.1 Å². The lowest BCUT2D eigenvalue weighted by Crippen LogP contribution is -2.51. The third kappa shape index (κ3) is 5.04. The van der Waals surface area contributed by atoms with Crippen molar-refractivity contribution in [3.05, 3.63) is 69.7 Å². The second-order valence-electron chi connectivity index (χ2n) is 7.69. The molecule has 9 heteroatoms. The highest BCUT2D eigenvalue weighted by Crippen LogP contribution is 2.14. The molecular weight excluding hydrogens is 410 g/mol. The molecule has 4 rings (SSSR count). The van der Waals surface area contributed by atoms with Gasteiger partial charge in [0.25, 0.3) is 0 Å². The van der Waals surface area contributed by atoms with Gasteiger partial charge in [-0.05, 0) is 35.9 Å². The predicted octanol–water partition coefficient (Wildman–Crippen LogP) is 2.09. The summed E-state index contributed by atoms with van der Waals surface area (Å²) in [6.07, 6.45) is 0.352. The molecule has 1 saturated heterocycles. The average molecular weight is 433 g/mol. The molecule has 0 bridgehead atoms.